The molecule has 0 saturated carbocycles. The lowest BCUT2D eigenvalue weighted by Crippen LogP contribution is -2.70. The summed E-state index contributed by atoms with van der Waals surface area (Å²) < 4.78 is 22.9. The van der Waals surface area contributed by atoms with Gasteiger partial charge in [0.25, 0.3) is 0 Å². The monoisotopic (exact) mass is 426 g/mol. The molecule has 13 heteroatoms. The lowest BCUT2D eigenvalue weighted by Gasteiger charge is -2.48. The van der Waals surface area contributed by atoms with Gasteiger partial charge >= 0.3 is 5.97 Å². The largest absolute Gasteiger partial charge is 0.479 e. The standard InChI is InChI=1S/C16H27NO12/c1-3-16(26)13(23)10(22)11(12(29-16)14(24)25)28-15-7(17-5(2)19)9(21)8(20)6(4-18)27-15/h6-13,15,18,20-23,26H,3-4H2,1-2H3,(H,17,19)(H,24,25)/t6-,7-,8-,9-,10+,11+,12+,13-,15?,16-/m1/s1/i2D. The maximum absolute atomic E-state index is 11.6. The van der Waals surface area contributed by atoms with E-state index in [9.17, 15) is 45.3 Å². The van der Waals surface area contributed by atoms with Crippen LogP contribution in [0.15, 0.2) is 0 Å². The maximum atomic E-state index is 11.6. The van der Waals surface area contributed by atoms with E-state index in [1.54, 1.807) is 0 Å². The number of carboxylic acid groups (broad SMARTS) is 1. The second-order valence-corrected chi connectivity index (χ2v) is 6.91. The normalized spacial score (nSPS) is 46.0. The first-order chi connectivity index (χ1) is 14.0. The molecule has 0 aliphatic carbocycles. The van der Waals surface area contributed by atoms with Gasteiger partial charge < -0.3 is 55.3 Å². The van der Waals surface area contributed by atoms with E-state index in [1.807, 2.05) is 0 Å². The van der Waals surface area contributed by atoms with Crippen molar-refractivity contribution >= 4 is 11.9 Å². The second-order valence-electron chi connectivity index (χ2n) is 6.91. The Morgan fingerprint density at radius 2 is 1.86 bits per heavy atom. The number of hydrogen-bond donors (Lipinski definition) is 8. The Bertz CT molecular complexity index is 625. The van der Waals surface area contributed by atoms with Gasteiger partial charge in [0.05, 0.1) is 6.61 Å². The Kier molecular flexibility index (Phi) is 7.03. The van der Waals surface area contributed by atoms with Crippen LogP contribution in [0.25, 0.3) is 0 Å². The predicted molar refractivity (Wildman–Crippen MR) is 90.0 cm³/mol. The Hall–Kier alpha value is -1.42. The minimum absolute atomic E-state index is 0.263. The summed E-state index contributed by atoms with van der Waals surface area (Å²) >= 11 is 0. The molecular weight excluding hydrogens is 398 g/mol. The molecule has 0 aromatic rings. The van der Waals surface area contributed by atoms with E-state index in [2.05, 4.69) is 5.32 Å². The molecule has 2 aliphatic rings. The molecule has 10 atom stereocenters. The summed E-state index contributed by atoms with van der Waals surface area (Å²) in [4.78, 5) is 23.3. The number of carbonyl (C=O) groups is 2. The SMILES string of the molecule is [2H]CC(=O)N[C@H]1C(O[C@H]2[C@H](O)[C@@H](O)[C@@](O)(CC)O[C@@H]2C(=O)O)O[C@H](CO)[C@@H](O)[C@@H]1O. The van der Waals surface area contributed by atoms with Crippen molar-refractivity contribution < 1.29 is 60.9 Å². The van der Waals surface area contributed by atoms with Gasteiger partial charge in [-0.05, 0) is 0 Å². The number of carbonyl (C=O) groups excluding carboxylic acids is 1. The maximum Gasteiger partial charge on any atom is 0.335 e. The molecule has 2 aliphatic heterocycles. The van der Waals surface area contributed by atoms with Gasteiger partial charge in [-0.25, -0.2) is 4.79 Å². The minimum atomic E-state index is -2.38. The molecule has 2 rings (SSSR count). The summed E-state index contributed by atoms with van der Waals surface area (Å²) in [5.41, 5.74) is 0. The molecule has 168 valence electrons. The lowest BCUT2D eigenvalue weighted by atomic mass is 9.90. The van der Waals surface area contributed by atoms with Crippen molar-refractivity contribution in [2.45, 2.75) is 81.1 Å². The van der Waals surface area contributed by atoms with Gasteiger partial charge in [-0.3, -0.25) is 4.79 Å². The van der Waals surface area contributed by atoms with Crippen LogP contribution in [0.2, 0.25) is 0 Å². The van der Waals surface area contributed by atoms with Crippen molar-refractivity contribution in [3.63, 3.8) is 0 Å². The highest BCUT2D eigenvalue weighted by Gasteiger charge is 2.57. The van der Waals surface area contributed by atoms with Gasteiger partial charge in [-0.2, -0.15) is 0 Å². The van der Waals surface area contributed by atoms with Crippen molar-refractivity contribution in [3.8, 4) is 0 Å². The smallest absolute Gasteiger partial charge is 0.335 e. The fourth-order valence-corrected chi connectivity index (χ4v) is 3.31. The number of ether oxygens (including phenoxy) is 3. The molecular formula is C16H27NO12. The van der Waals surface area contributed by atoms with Crippen molar-refractivity contribution in [1.82, 2.24) is 5.32 Å². The summed E-state index contributed by atoms with van der Waals surface area (Å²) in [5, 5.41) is 72.1. The molecule has 29 heavy (non-hydrogen) atoms. The van der Waals surface area contributed by atoms with Gasteiger partial charge in [0, 0.05) is 14.7 Å². The number of aliphatic carboxylic acids is 1. The number of aliphatic hydroxyl groups excluding tert-OH is 5. The van der Waals surface area contributed by atoms with E-state index in [0.29, 0.717) is 0 Å². The molecule has 2 fully saturated rings. The summed E-state index contributed by atoms with van der Waals surface area (Å²) in [7, 11) is 0. The summed E-state index contributed by atoms with van der Waals surface area (Å²) in [5.74, 6) is -4.92. The van der Waals surface area contributed by atoms with Crippen LogP contribution in [0.4, 0.5) is 0 Å². The summed E-state index contributed by atoms with van der Waals surface area (Å²) in [6.45, 7) is -0.137. The number of carboxylic acids is 1. The molecule has 0 aromatic carbocycles. The molecule has 1 unspecified atom stereocenters. The zero-order chi connectivity index (χ0) is 22.8. The molecule has 1 amide bonds. The molecule has 0 aromatic heterocycles. The van der Waals surface area contributed by atoms with Crippen LogP contribution in [0, 0.1) is 0 Å². The number of hydrogen-bond acceptors (Lipinski definition) is 11. The van der Waals surface area contributed by atoms with Crippen LogP contribution < -0.4 is 5.32 Å². The van der Waals surface area contributed by atoms with E-state index in [0.717, 1.165) is 0 Å². The number of amides is 1. The van der Waals surface area contributed by atoms with Crippen LogP contribution in [0.3, 0.4) is 0 Å². The summed E-state index contributed by atoms with van der Waals surface area (Å²) in [6, 6.07) is -1.52. The minimum Gasteiger partial charge on any atom is -0.479 e. The molecule has 2 saturated heterocycles. The Morgan fingerprint density at radius 3 is 2.38 bits per heavy atom. The average molecular weight is 426 g/mol. The number of nitrogens with one attached hydrogen (secondary N) is 1. The molecule has 0 bridgehead atoms. The Balaban J connectivity index is 2.33. The van der Waals surface area contributed by atoms with E-state index in [4.69, 9.17) is 15.6 Å². The summed E-state index contributed by atoms with van der Waals surface area (Å²) in [6.07, 6.45) is -14.6. The van der Waals surface area contributed by atoms with Crippen LogP contribution in [-0.2, 0) is 23.8 Å². The van der Waals surface area contributed by atoms with Crippen LogP contribution in [-0.4, -0.2) is 115 Å². The van der Waals surface area contributed by atoms with E-state index in [1.165, 1.54) is 6.92 Å². The van der Waals surface area contributed by atoms with Crippen LogP contribution in [0.5, 0.6) is 0 Å². The van der Waals surface area contributed by atoms with Gasteiger partial charge in [-0.1, -0.05) is 6.92 Å². The average Bonchev–Trinajstić information content (AvgIpc) is 2.72. The van der Waals surface area contributed by atoms with Crippen molar-refractivity contribution in [3.05, 3.63) is 0 Å². The van der Waals surface area contributed by atoms with Gasteiger partial charge in [0.1, 0.15) is 42.7 Å². The third-order valence-corrected chi connectivity index (χ3v) is 5.00. The topological polar surface area (TPSA) is 215 Å². The quantitative estimate of drug-likeness (QED) is 0.202. The number of rotatable bonds is 6. The van der Waals surface area contributed by atoms with Gasteiger partial charge in [0.15, 0.2) is 18.2 Å². The second kappa shape index (κ2) is 9.16. The Morgan fingerprint density at radius 1 is 1.21 bits per heavy atom. The van der Waals surface area contributed by atoms with E-state index in [-0.39, 0.29) is 6.42 Å². The van der Waals surface area contributed by atoms with E-state index < -0.39 is 86.2 Å². The van der Waals surface area contributed by atoms with Gasteiger partial charge in [0.2, 0.25) is 5.91 Å². The first-order valence-electron chi connectivity index (χ1n) is 9.57. The number of aliphatic hydroxyl groups is 6. The van der Waals surface area contributed by atoms with Crippen LogP contribution in [0.1, 0.15) is 21.6 Å². The highest BCUT2D eigenvalue weighted by molar-refractivity contribution is 5.74. The first kappa shape index (κ1) is 22.3. The predicted octanol–water partition coefficient (Wildman–Crippen LogP) is -4.38. The highest BCUT2D eigenvalue weighted by Crippen LogP contribution is 2.34. The molecule has 13 nitrogen and oxygen atoms in total. The zero-order valence-electron chi connectivity index (χ0n) is 16.5. The zero-order valence-corrected chi connectivity index (χ0v) is 15.5. The first-order valence-corrected chi connectivity index (χ1v) is 8.86. The fraction of sp³-hybridized carbons (Fsp3) is 0.875. The van der Waals surface area contributed by atoms with Crippen molar-refractivity contribution in [1.29, 1.82) is 0 Å². The fourth-order valence-electron chi connectivity index (χ4n) is 3.31. The van der Waals surface area contributed by atoms with E-state index >= 15 is 0 Å². The van der Waals surface area contributed by atoms with Crippen molar-refractivity contribution in [2.24, 2.45) is 0 Å². The van der Waals surface area contributed by atoms with Crippen LogP contribution >= 0.6 is 0 Å². The highest BCUT2D eigenvalue weighted by atomic mass is 16.7. The molecule has 2 heterocycles. The lowest BCUT2D eigenvalue weighted by molar-refractivity contribution is -0.369. The molecule has 0 spiro atoms. The molecule has 0 radical (unpaired) electrons. The third-order valence-electron chi connectivity index (χ3n) is 5.00. The molecule has 8 N–H and O–H groups in total. The van der Waals surface area contributed by atoms with Gasteiger partial charge in [-0.15, -0.1) is 0 Å². The Labute approximate surface area is 166 Å². The van der Waals surface area contributed by atoms with Crippen molar-refractivity contribution in [2.75, 3.05) is 6.61 Å². The third kappa shape index (κ3) is 4.68.